The molecular weight excluding hydrogens is 423 g/mol. The van der Waals surface area contributed by atoms with Gasteiger partial charge in [-0.2, -0.15) is 18.3 Å². The first kappa shape index (κ1) is 21.8. The third-order valence-electron chi connectivity index (χ3n) is 5.60. The van der Waals surface area contributed by atoms with Gasteiger partial charge >= 0.3 is 12.1 Å². The van der Waals surface area contributed by atoms with Crippen LogP contribution in [0.5, 0.6) is 0 Å². The molecule has 32 heavy (non-hydrogen) atoms. The number of H-pyrrole nitrogens is 1. The van der Waals surface area contributed by atoms with Gasteiger partial charge in [0.15, 0.2) is 0 Å². The first-order valence-corrected chi connectivity index (χ1v) is 10.1. The highest BCUT2D eigenvalue weighted by Crippen LogP contribution is 2.30. The molecule has 0 bridgehead atoms. The van der Waals surface area contributed by atoms with Gasteiger partial charge in [-0.3, -0.25) is 10.00 Å². The molecule has 0 amide bonds. The Bertz CT molecular complexity index is 1080. The predicted octanol–water partition coefficient (Wildman–Crippen LogP) is 3.90. The summed E-state index contributed by atoms with van der Waals surface area (Å²) in [6, 6.07) is 9.12. The van der Waals surface area contributed by atoms with E-state index in [0.29, 0.717) is 25.5 Å². The minimum Gasteiger partial charge on any atom is -0.478 e. The molecule has 0 radical (unpaired) electrons. The van der Waals surface area contributed by atoms with Crippen molar-refractivity contribution in [2.45, 2.75) is 25.7 Å². The van der Waals surface area contributed by atoms with Gasteiger partial charge in [-0.15, -0.1) is 0 Å². The Balaban J connectivity index is 1.42. The number of piperazine rings is 1. The van der Waals surface area contributed by atoms with Crippen LogP contribution < -0.4 is 4.90 Å². The van der Waals surface area contributed by atoms with Gasteiger partial charge in [-0.25, -0.2) is 9.78 Å². The van der Waals surface area contributed by atoms with Gasteiger partial charge in [0.25, 0.3) is 0 Å². The molecule has 3 aromatic rings. The maximum absolute atomic E-state index is 12.8. The van der Waals surface area contributed by atoms with Crippen LogP contribution in [0.15, 0.2) is 48.8 Å². The van der Waals surface area contributed by atoms with Crippen LogP contribution in [0.2, 0.25) is 0 Å². The van der Waals surface area contributed by atoms with E-state index in [2.05, 4.69) is 20.1 Å². The highest BCUT2D eigenvalue weighted by atomic mass is 19.4. The van der Waals surface area contributed by atoms with Gasteiger partial charge in [0.05, 0.1) is 16.8 Å². The van der Waals surface area contributed by atoms with Crippen LogP contribution in [-0.2, 0) is 12.7 Å². The van der Waals surface area contributed by atoms with E-state index in [1.165, 1.54) is 6.07 Å². The molecule has 7 nitrogen and oxygen atoms in total. The van der Waals surface area contributed by atoms with Crippen LogP contribution >= 0.6 is 0 Å². The zero-order valence-corrected chi connectivity index (χ0v) is 17.3. The molecule has 10 heteroatoms. The molecule has 1 aliphatic rings. The van der Waals surface area contributed by atoms with Crippen molar-refractivity contribution in [2.75, 3.05) is 24.5 Å². The normalized spacial score (nSPS) is 17.5. The molecule has 3 heterocycles. The summed E-state index contributed by atoms with van der Waals surface area (Å²) < 4.78 is 38.4. The topological polar surface area (TPSA) is 85.3 Å². The second-order valence-corrected chi connectivity index (χ2v) is 7.82. The Morgan fingerprint density at radius 2 is 1.94 bits per heavy atom. The average Bonchev–Trinajstić information content (AvgIpc) is 3.21. The monoisotopic (exact) mass is 445 g/mol. The Kier molecular flexibility index (Phi) is 5.88. The van der Waals surface area contributed by atoms with Gasteiger partial charge in [-0.05, 0) is 31.2 Å². The molecule has 1 unspecified atom stereocenters. The number of aromatic amines is 1. The molecule has 1 fully saturated rings. The molecule has 0 aliphatic carbocycles. The number of nitrogens with one attached hydrogen (secondary N) is 1. The van der Waals surface area contributed by atoms with E-state index in [9.17, 15) is 18.0 Å². The van der Waals surface area contributed by atoms with Gasteiger partial charge in [0, 0.05) is 55.7 Å². The summed E-state index contributed by atoms with van der Waals surface area (Å²) >= 11 is 0. The maximum Gasteiger partial charge on any atom is 0.417 e. The third-order valence-corrected chi connectivity index (χ3v) is 5.60. The van der Waals surface area contributed by atoms with E-state index in [1.807, 2.05) is 18.0 Å². The molecule has 1 aliphatic heterocycles. The number of carboxylic acids is 1. The molecule has 4 rings (SSSR count). The van der Waals surface area contributed by atoms with Crippen molar-refractivity contribution in [3.63, 3.8) is 0 Å². The number of hydrogen-bond donors (Lipinski definition) is 2. The fraction of sp³-hybridized carbons (Fsp3) is 0.318. The summed E-state index contributed by atoms with van der Waals surface area (Å²) in [5.74, 6) is -0.444. The first-order valence-electron chi connectivity index (χ1n) is 10.1. The van der Waals surface area contributed by atoms with Crippen molar-refractivity contribution in [1.29, 1.82) is 0 Å². The maximum atomic E-state index is 12.8. The average molecular weight is 445 g/mol. The van der Waals surface area contributed by atoms with Gasteiger partial charge in [-0.1, -0.05) is 12.1 Å². The lowest BCUT2D eigenvalue weighted by Gasteiger charge is -2.40. The van der Waals surface area contributed by atoms with Crippen molar-refractivity contribution in [2.24, 2.45) is 0 Å². The lowest BCUT2D eigenvalue weighted by atomic mass is 10.0. The molecule has 1 atom stereocenters. The summed E-state index contributed by atoms with van der Waals surface area (Å²) in [6.07, 6.45) is -1.69. The second kappa shape index (κ2) is 8.62. The Morgan fingerprint density at radius 3 is 2.53 bits per heavy atom. The highest BCUT2D eigenvalue weighted by Gasteiger charge is 2.32. The van der Waals surface area contributed by atoms with Crippen LogP contribution in [0, 0.1) is 0 Å². The molecule has 0 spiro atoms. The van der Waals surface area contributed by atoms with E-state index < -0.39 is 17.7 Å². The lowest BCUT2D eigenvalue weighted by Crippen LogP contribution is -2.51. The van der Waals surface area contributed by atoms with Crippen LogP contribution in [0.25, 0.3) is 11.3 Å². The molecule has 2 aromatic heterocycles. The summed E-state index contributed by atoms with van der Waals surface area (Å²) in [6.45, 7) is 4.73. The molecule has 2 N–H and O–H groups in total. The molecular formula is C22H22F3N5O2. The fourth-order valence-electron chi connectivity index (χ4n) is 3.94. The van der Waals surface area contributed by atoms with Gasteiger partial charge in [0.1, 0.15) is 5.82 Å². The number of aromatic nitrogens is 3. The number of carbonyl (C=O) groups is 1. The summed E-state index contributed by atoms with van der Waals surface area (Å²) in [5.41, 5.74) is 2.04. The van der Waals surface area contributed by atoms with E-state index in [4.69, 9.17) is 5.11 Å². The number of rotatable bonds is 5. The minimum absolute atomic E-state index is 0.0678. The second-order valence-electron chi connectivity index (χ2n) is 7.82. The standard InChI is InChI=1S/C22H22F3N5O2/c1-14-12-29(8-9-30(14)19-7-6-18(11-26-19)22(23,24)25)13-17-10-27-28-20(17)15-2-4-16(5-3-15)21(31)32/h2-7,10-11,14H,8-9,12-13H2,1H3,(H,27,28)(H,31,32). The Labute approximate surface area is 182 Å². The lowest BCUT2D eigenvalue weighted by molar-refractivity contribution is -0.137. The van der Waals surface area contributed by atoms with Crippen LogP contribution in [0.3, 0.4) is 0 Å². The summed E-state index contributed by atoms with van der Waals surface area (Å²) in [5, 5.41) is 16.3. The van der Waals surface area contributed by atoms with Gasteiger partial charge in [0.2, 0.25) is 0 Å². The number of nitrogens with zero attached hydrogens (tertiary/aromatic N) is 4. The predicted molar refractivity (Wildman–Crippen MR) is 112 cm³/mol. The zero-order valence-electron chi connectivity index (χ0n) is 17.3. The Morgan fingerprint density at radius 1 is 1.19 bits per heavy atom. The smallest absolute Gasteiger partial charge is 0.417 e. The van der Waals surface area contributed by atoms with Crippen LogP contribution in [-0.4, -0.2) is 56.8 Å². The molecule has 0 saturated carbocycles. The number of aromatic carboxylic acids is 1. The summed E-state index contributed by atoms with van der Waals surface area (Å²) in [4.78, 5) is 19.4. The highest BCUT2D eigenvalue weighted by molar-refractivity contribution is 5.88. The zero-order chi connectivity index (χ0) is 22.9. The van der Waals surface area contributed by atoms with Crippen molar-refractivity contribution >= 4 is 11.8 Å². The van der Waals surface area contributed by atoms with E-state index >= 15 is 0 Å². The van der Waals surface area contributed by atoms with Crippen LogP contribution in [0.4, 0.5) is 19.0 Å². The number of hydrogen-bond acceptors (Lipinski definition) is 5. The molecule has 1 saturated heterocycles. The van der Waals surface area contributed by atoms with Gasteiger partial charge < -0.3 is 10.0 Å². The molecule has 1 aromatic carbocycles. The number of alkyl halides is 3. The molecule has 168 valence electrons. The first-order chi connectivity index (χ1) is 15.2. The number of anilines is 1. The van der Waals surface area contributed by atoms with Crippen molar-refractivity contribution < 1.29 is 23.1 Å². The van der Waals surface area contributed by atoms with E-state index in [0.717, 1.165) is 35.6 Å². The number of pyridine rings is 1. The third kappa shape index (κ3) is 4.59. The van der Waals surface area contributed by atoms with Crippen molar-refractivity contribution in [3.05, 3.63) is 65.5 Å². The number of carboxylic acid groups (broad SMARTS) is 1. The quantitative estimate of drug-likeness (QED) is 0.620. The van der Waals surface area contributed by atoms with E-state index in [1.54, 1.807) is 24.3 Å². The Hall–Kier alpha value is -3.40. The van der Waals surface area contributed by atoms with Crippen molar-refractivity contribution in [1.82, 2.24) is 20.1 Å². The minimum atomic E-state index is -4.40. The largest absolute Gasteiger partial charge is 0.478 e. The fourth-order valence-corrected chi connectivity index (χ4v) is 3.94. The van der Waals surface area contributed by atoms with Crippen molar-refractivity contribution in [3.8, 4) is 11.3 Å². The summed E-state index contributed by atoms with van der Waals surface area (Å²) in [7, 11) is 0. The van der Waals surface area contributed by atoms with Crippen LogP contribution in [0.1, 0.15) is 28.4 Å². The SMILES string of the molecule is CC1CN(Cc2c[nH]nc2-c2ccc(C(=O)O)cc2)CCN1c1ccc(C(F)(F)F)cn1. The number of halogens is 3. The number of benzene rings is 1. The van der Waals surface area contributed by atoms with E-state index in [-0.39, 0.29) is 11.6 Å².